The Morgan fingerprint density at radius 2 is 1.93 bits per heavy atom. The number of nitrogens with two attached hydrogens (primary N) is 1. The predicted molar refractivity (Wildman–Crippen MR) is 60.6 cm³/mol. The van der Waals surface area contributed by atoms with Crippen LogP contribution >= 0.6 is 15.9 Å². The molecule has 0 saturated heterocycles. The van der Waals surface area contributed by atoms with Crippen LogP contribution in [0.15, 0.2) is 16.6 Å². The van der Waals surface area contributed by atoms with Crippen LogP contribution in [0.5, 0.6) is 0 Å². The van der Waals surface area contributed by atoms with Crippen LogP contribution in [0, 0.1) is 17.6 Å². The number of halogens is 3. The first-order valence-corrected chi connectivity index (χ1v) is 5.60. The van der Waals surface area contributed by atoms with Crippen LogP contribution in [-0.2, 0) is 6.42 Å². The zero-order valence-electron chi connectivity index (χ0n) is 8.73. The first kappa shape index (κ1) is 12.6. The van der Waals surface area contributed by atoms with Gasteiger partial charge < -0.3 is 5.73 Å². The van der Waals surface area contributed by atoms with Gasteiger partial charge in [-0.25, -0.2) is 8.78 Å². The van der Waals surface area contributed by atoms with E-state index in [0.717, 1.165) is 0 Å². The molecule has 0 aliphatic heterocycles. The fraction of sp³-hybridized carbons (Fsp3) is 0.455. The lowest BCUT2D eigenvalue weighted by Crippen LogP contribution is -2.26. The van der Waals surface area contributed by atoms with E-state index in [-0.39, 0.29) is 22.0 Å². The molecule has 0 radical (unpaired) electrons. The summed E-state index contributed by atoms with van der Waals surface area (Å²) < 4.78 is 27.2. The minimum absolute atomic E-state index is 0.0447. The van der Waals surface area contributed by atoms with E-state index < -0.39 is 11.6 Å². The van der Waals surface area contributed by atoms with Crippen molar-refractivity contribution in [3.8, 4) is 0 Å². The standard InChI is InChI=1S/C11H14BrF2N/c1-6(7(2)15)5-8-10(13)4-3-9(12)11(8)14/h3-4,6-7H,5,15H2,1-2H3. The van der Waals surface area contributed by atoms with Crippen molar-refractivity contribution >= 4 is 15.9 Å². The summed E-state index contributed by atoms with van der Waals surface area (Å²) in [5.74, 6) is -0.992. The first-order chi connectivity index (χ1) is 6.93. The quantitative estimate of drug-likeness (QED) is 0.844. The van der Waals surface area contributed by atoms with E-state index in [4.69, 9.17) is 5.73 Å². The van der Waals surface area contributed by atoms with Crippen LogP contribution in [0.1, 0.15) is 19.4 Å². The smallest absolute Gasteiger partial charge is 0.143 e. The van der Waals surface area contributed by atoms with Crippen molar-refractivity contribution in [2.24, 2.45) is 11.7 Å². The zero-order valence-corrected chi connectivity index (χ0v) is 10.3. The van der Waals surface area contributed by atoms with Gasteiger partial charge in [0.2, 0.25) is 0 Å². The molecule has 1 aromatic rings. The number of benzene rings is 1. The third-order valence-electron chi connectivity index (χ3n) is 2.56. The fourth-order valence-electron chi connectivity index (χ4n) is 1.26. The maximum absolute atomic E-state index is 13.6. The summed E-state index contributed by atoms with van der Waals surface area (Å²) in [5, 5.41) is 0. The molecular formula is C11H14BrF2N. The van der Waals surface area contributed by atoms with Crippen molar-refractivity contribution in [1.82, 2.24) is 0 Å². The van der Waals surface area contributed by atoms with Gasteiger partial charge in [0.1, 0.15) is 11.6 Å². The molecule has 0 aliphatic carbocycles. The van der Waals surface area contributed by atoms with Crippen molar-refractivity contribution in [3.05, 3.63) is 33.8 Å². The van der Waals surface area contributed by atoms with Crippen LogP contribution in [0.2, 0.25) is 0 Å². The molecule has 2 N–H and O–H groups in total. The molecule has 0 amide bonds. The highest BCUT2D eigenvalue weighted by Gasteiger charge is 2.17. The second-order valence-electron chi connectivity index (χ2n) is 3.86. The largest absolute Gasteiger partial charge is 0.328 e. The lowest BCUT2D eigenvalue weighted by molar-refractivity contribution is 0.452. The van der Waals surface area contributed by atoms with Gasteiger partial charge in [-0.1, -0.05) is 6.92 Å². The van der Waals surface area contributed by atoms with E-state index in [2.05, 4.69) is 15.9 Å². The Morgan fingerprint density at radius 3 is 2.47 bits per heavy atom. The van der Waals surface area contributed by atoms with E-state index in [9.17, 15) is 8.78 Å². The minimum Gasteiger partial charge on any atom is -0.328 e. The third-order valence-corrected chi connectivity index (χ3v) is 3.18. The monoisotopic (exact) mass is 277 g/mol. The summed E-state index contributed by atoms with van der Waals surface area (Å²) in [6, 6.07) is 2.55. The van der Waals surface area contributed by atoms with Crippen molar-refractivity contribution < 1.29 is 8.78 Å². The highest BCUT2D eigenvalue weighted by Crippen LogP contribution is 2.24. The Morgan fingerprint density at radius 1 is 1.33 bits per heavy atom. The highest BCUT2D eigenvalue weighted by molar-refractivity contribution is 9.10. The molecule has 2 atom stereocenters. The first-order valence-electron chi connectivity index (χ1n) is 4.81. The van der Waals surface area contributed by atoms with Crippen LogP contribution in [0.3, 0.4) is 0 Å². The Hall–Kier alpha value is -0.480. The topological polar surface area (TPSA) is 26.0 Å². The van der Waals surface area contributed by atoms with Crippen LogP contribution in [-0.4, -0.2) is 6.04 Å². The highest BCUT2D eigenvalue weighted by atomic mass is 79.9. The van der Waals surface area contributed by atoms with Gasteiger partial charge in [0.15, 0.2) is 0 Å². The summed E-state index contributed by atoms with van der Waals surface area (Å²) in [4.78, 5) is 0. The maximum Gasteiger partial charge on any atom is 0.143 e. The maximum atomic E-state index is 13.6. The molecule has 1 aromatic carbocycles. The second kappa shape index (κ2) is 5.03. The van der Waals surface area contributed by atoms with Crippen LogP contribution in [0.4, 0.5) is 8.78 Å². The number of hydrogen-bond acceptors (Lipinski definition) is 1. The molecule has 0 bridgehead atoms. The molecule has 1 nitrogen and oxygen atoms in total. The van der Waals surface area contributed by atoms with Gasteiger partial charge in [-0.2, -0.15) is 0 Å². The summed E-state index contributed by atoms with van der Waals surface area (Å²) in [5.41, 5.74) is 5.77. The molecule has 0 heterocycles. The number of hydrogen-bond donors (Lipinski definition) is 1. The van der Waals surface area contributed by atoms with Gasteiger partial charge in [0, 0.05) is 11.6 Å². The third kappa shape index (κ3) is 2.98. The molecule has 0 aromatic heterocycles. The molecule has 1 rings (SSSR count). The van der Waals surface area contributed by atoms with Crippen molar-refractivity contribution in [3.63, 3.8) is 0 Å². The van der Waals surface area contributed by atoms with Crippen molar-refractivity contribution in [2.75, 3.05) is 0 Å². The molecule has 4 heteroatoms. The SMILES string of the molecule is CC(N)C(C)Cc1c(F)ccc(Br)c1F. The second-order valence-corrected chi connectivity index (χ2v) is 4.72. The normalized spacial score (nSPS) is 15.1. The Bertz CT molecular complexity index is 353. The minimum atomic E-state index is -0.525. The average molecular weight is 278 g/mol. The number of rotatable bonds is 3. The van der Waals surface area contributed by atoms with Gasteiger partial charge in [-0.05, 0) is 47.3 Å². The Kier molecular flexibility index (Phi) is 4.22. The van der Waals surface area contributed by atoms with E-state index in [1.807, 2.05) is 13.8 Å². The van der Waals surface area contributed by atoms with Crippen molar-refractivity contribution in [1.29, 1.82) is 0 Å². The molecule has 15 heavy (non-hydrogen) atoms. The molecule has 2 unspecified atom stereocenters. The van der Waals surface area contributed by atoms with Gasteiger partial charge in [0.05, 0.1) is 4.47 Å². The Labute approximate surface area is 96.8 Å². The molecule has 0 saturated carbocycles. The zero-order chi connectivity index (χ0) is 11.6. The van der Waals surface area contributed by atoms with E-state index >= 15 is 0 Å². The van der Waals surface area contributed by atoms with Gasteiger partial charge >= 0.3 is 0 Å². The molecule has 0 fully saturated rings. The van der Waals surface area contributed by atoms with Crippen LogP contribution < -0.4 is 5.73 Å². The fourth-order valence-corrected chi connectivity index (χ4v) is 1.64. The van der Waals surface area contributed by atoms with E-state index in [1.165, 1.54) is 12.1 Å². The van der Waals surface area contributed by atoms with E-state index in [1.54, 1.807) is 0 Å². The summed E-state index contributed by atoms with van der Waals surface area (Å²) >= 11 is 3.03. The summed E-state index contributed by atoms with van der Waals surface area (Å²) in [6.45, 7) is 3.71. The molecule has 84 valence electrons. The predicted octanol–water partition coefficient (Wildman–Crippen LogP) is 3.25. The van der Waals surface area contributed by atoms with Gasteiger partial charge in [-0.3, -0.25) is 0 Å². The average Bonchev–Trinajstić information content (AvgIpc) is 2.18. The lowest BCUT2D eigenvalue weighted by Gasteiger charge is -2.16. The molecule has 0 aliphatic rings. The van der Waals surface area contributed by atoms with Gasteiger partial charge in [-0.15, -0.1) is 0 Å². The van der Waals surface area contributed by atoms with Crippen LogP contribution in [0.25, 0.3) is 0 Å². The van der Waals surface area contributed by atoms with E-state index in [0.29, 0.717) is 6.42 Å². The summed E-state index contributed by atoms with van der Waals surface area (Å²) in [7, 11) is 0. The van der Waals surface area contributed by atoms with Gasteiger partial charge in [0.25, 0.3) is 0 Å². The van der Waals surface area contributed by atoms with Crippen molar-refractivity contribution in [2.45, 2.75) is 26.3 Å². The summed E-state index contributed by atoms with van der Waals surface area (Å²) in [6.07, 6.45) is 0.314. The molecule has 0 spiro atoms. The lowest BCUT2D eigenvalue weighted by atomic mass is 9.95. The molecular weight excluding hydrogens is 264 g/mol. The Balaban J connectivity index is 2.98.